The van der Waals surface area contributed by atoms with Crippen LogP contribution in [0.5, 0.6) is 0 Å². The molecule has 0 saturated carbocycles. The zero-order valence-electron chi connectivity index (χ0n) is 21.6. The van der Waals surface area contributed by atoms with Crippen molar-refractivity contribution >= 4 is 67.8 Å². The predicted molar refractivity (Wildman–Crippen MR) is 157 cm³/mol. The minimum atomic E-state index is -1.73. The lowest BCUT2D eigenvalue weighted by Crippen LogP contribution is -2.75. The highest BCUT2D eigenvalue weighted by Crippen LogP contribution is 2.47. The minimum Gasteiger partial charge on any atom is -0.464 e. The molecule has 11 heteroatoms. The third kappa shape index (κ3) is 5.29. The fourth-order valence-corrected chi connectivity index (χ4v) is 7.49. The van der Waals surface area contributed by atoms with E-state index in [1.54, 1.807) is 6.07 Å². The first-order valence-corrected chi connectivity index (χ1v) is 15.7. The van der Waals surface area contributed by atoms with Crippen LogP contribution in [0.25, 0.3) is 0 Å². The molecule has 3 atom stereocenters. The monoisotopic (exact) mass is 642 g/mol. The third-order valence-corrected chi connectivity index (χ3v) is 9.64. The van der Waals surface area contributed by atoms with Crippen molar-refractivity contribution in [2.24, 2.45) is 5.41 Å². The zero-order valence-corrected chi connectivity index (χ0v) is 24.8. The summed E-state index contributed by atoms with van der Waals surface area (Å²) in [6, 6.07) is 21.5. The molecule has 2 saturated heterocycles. The summed E-state index contributed by atoms with van der Waals surface area (Å²) in [5, 5.41) is 2.52. The van der Waals surface area contributed by atoms with Crippen molar-refractivity contribution in [3.63, 3.8) is 0 Å². The van der Waals surface area contributed by atoms with E-state index in [2.05, 4.69) is 15.9 Å². The number of rotatable bonds is 9. The highest BCUT2D eigenvalue weighted by molar-refractivity contribution is 9.09. The van der Waals surface area contributed by atoms with Gasteiger partial charge in [0.25, 0.3) is 0 Å². The van der Waals surface area contributed by atoms with E-state index in [9.17, 15) is 19.2 Å². The molecule has 3 aromatic rings. The lowest BCUT2D eigenvalue weighted by atomic mass is 9.86. The average molecular weight is 644 g/mol. The SMILES string of the molecule is CC(=O)N(c1cccs1)C1C(=O)N2CC(C(=O)OCCBr)(C(=O)OC(c3ccccc3)c3ccccc3)CS[C@H]12. The van der Waals surface area contributed by atoms with Gasteiger partial charge in [0.1, 0.15) is 18.0 Å². The summed E-state index contributed by atoms with van der Waals surface area (Å²) in [5.74, 6) is -2.02. The zero-order chi connectivity index (χ0) is 28.3. The van der Waals surface area contributed by atoms with Crippen LogP contribution in [-0.2, 0) is 28.7 Å². The molecule has 2 aliphatic heterocycles. The maximum absolute atomic E-state index is 14.0. The number of ether oxygens (including phenoxy) is 2. The molecule has 0 N–H and O–H groups in total. The summed E-state index contributed by atoms with van der Waals surface area (Å²) < 4.78 is 11.6. The number of carbonyl (C=O) groups excluding carboxylic acids is 4. The second-order valence-electron chi connectivity index (χ2n) is 9.47. The number of carbonyl (C=O) groups is 4. The molecular formula is C29H27BrN2O6S2. The van der Waals surface area contributed by atoms with Crippen LogP contribution in [-0.4, -0.2) is 64.3 Å². The van der Waals surface area contributed by atoms with E-state index in [0.717, 1.165) is 11.1 Å². The van der Waals surface area contributed by atoms with Gasteiger partial charge >= 0.3 is 11.9 Å². The van der Waals surface area contributed by atoms with Crippen LogP contribution >= 0.6 is 39.0 Å². The number of hydrogen-bond acceptors (Lipinski definition) is 8. The van der Waals surface area contributed by atoms with Crippen LogP contribution in [0.3, 0.4) is 0 Å². The molecule has 0 radical (unpaired) electrons. The Bertz CT molecular complexity index is 1330. The van der Waals surface area contributed by atoms with Gasteiger partial charge in [0, 0.05) is 24.6 Å². The van der Waals surface area contributed by atoms with Crippen molar-refractivity contribution in [3.8, 4) is 0 Å². The van der Waals surface area contributed by atoms with Crippen molar-refractivity contribution in [1.29, 1.82) is 0 Å². The van der Waals surface area contributed by atoms with Gasteiger partial charge in [-0.15, -0.1) is 23.1 Å². The average Bonchev–Trinajstić information content (AvgIpc) is 3.52. The van der Waals surface area contributed by atoms with Crippen LogP contribution in [0, 0.1) is 5.41 Å². The van der Waals surface area contributed by atoms with Crippen molar-refractivity contribution in [1.82, 2.24) is 4.90 Å². The number of anilines is 1. The standard InChI is InChI=1S/C29H27BrN2O6S2/c1-19(33)32(22-13-8-16-39-22)23-25(34)31-17-29(18-40-26(23)31,27(35)37-15-14-30)28(36)38-24(20-9-4-2-5-10-20)21-11-6-3-7-12-21/h2-13,16,23-24,26H,14-15,17-18H2,1H3/t23?,26-,29?/m1/s1. The number of β-lactam (4-membered cyclic amide) rings is 1. The third-order valence-electron chi connectivity index (χ3n) is 6.94. The molecule has 8 nitrogen and oxygen atoms in total. The van der Waals surface area contributed by atoms with Crippen LogP contribution in [0.1, 0.15) is 24.2 Å². The highest BCUT2D eigenvalue weighted by atomic mass is 79.9. The van der Waals surface area contributed by atoms with Gasteiger partial charge in [0.2, 0.25) is 11.8 Å². The van der Waals surface area contributed by atoms with Gasteiger partial charge in [-0.2, -0.15) is 0 Å². The predicted octanol–water partition coefficient (Wildman–Crippen LogP) is 4.64. The number of fused-ring (bicyclic) bond motifs is 1. The van der Waals surface area contributed by atoms with E-state index in [0.29, 0.717) is 10.3 Å². The van der Waals surface area contributed by atoms with Gasteiger partial charge in [-0.3, -0.25) is 24.1 Å². The first-order chi connectivity index (χ1) is 19.4. The molecule has 0 bridgehead atoms. The number of hydrogen-bond donors (Lipinski definition) is 0. The summed E-state index contributed by atoms with van der Waals surface area (Å²) in [6.45, 7) is 1.30. The van der Waals surface area contributed by atoms with Gasteiger partial charge in [0.15, 0.2) is 11.5 Å². The molecule has 1 aromatic heterocycles. The molecule has 2 aromatic carbocycles. The lowest BCUT2D eigenvalue weighted by Gasteiger charge is -2.55. The van der Waals surface area contributed by atoms with Gasteiger partial charge in [0.05, 0.1) is 5.00 Å². The Morgan fingerprint density at radius 2 is 1.68 bits per heavy atom. The lowest BCUT2D eigenvalue weighted by molar-refractivity contribution is -0.177. The van der Waals surface area contributed by atoms with Gasteiger partial charge in [-0.05, 0) is 28.6 Å². The Balaban J connectivity index is 1.44. The number of alkyl halides is 1. The summed E-state index contributed by atoms with van der Waals surface area (Å²) in [4.78, 5) is 56.5. The molecule has 5 rings (SSSR count). The van der Waals surface area contributed by atoms with E-state index in [1.807, 2.05) is 72.1 Å². The van der Waals surface area contributed by atoms with Gasteiger partial charge < -0.3 is 14.4 Å². The molecule has 2 aliphatic rings. The smallest absolute Gasteiger partial charge is 0.327 e. The molecule has 2 fully saturated rings. The molecule has 2 unspecified atom stereocenters. The first kappa shape index (κ1) is 28.4. The summed E-state index contributed by atoms with van der Waals surface area (Å²) >= 11 is 5.91. The Morgan fingerprint density at radius 1 is 1.02 bits per heavy atom. The normalized spacial score (nSPS) is 21.8. The number of halogens is 1. The molecule has 2 amide bonds. The van der Waals surface area contributed by atoms with Crippen molar-refractivity contribution in [2.75, 3.05) is 29.1 Å². The van der Waals surface area contributed by atoms with Crippen LogP contribution in [0.4, 0.5) is 5.00 Å². The van der Waals surface area contributed by atoms with Gasteiger partial charge in [-0.1, -0.05) is 76.6 Å². The first-order valence-electron chi connectivity index (χ1n) is 12.7. The number of nitrogens with zero attached hydrogens (tertiary/aromatic N) is 2. The van der Waals surface area contributed by atoms with Crippen molar-refractivity contribution < 1.29 is 28.7 Å². The maximum Gasteiger partial charge on any atom is 0.327 e. The van der Waals surface area contributed by atoms with E-state index in [-0.39, 0.29) is 30.7 Å². The number of amides is 2. The highest BCUT2D eigenvalue weighted by Gasteiger charge is 2.63. The summed E-state index contributed by atoms with van der Waals surface area (Å²) in [5.41, 5.74) is -0.225. The minimum absolute atomic E-state index is 0.0460. The Morgan fingerprint density at radius 3 is 2.23 bits per heavy atom. The number of esters is 2. The number of thiophene rings is 1. The number of benzene rings is 2. The molecular weight excluding hydrogens is 616 g/mol. The van der Waals surface area contributed by atoms with Crippen LogP contribution in [0.2, 0.25) is 0 Å². The van der Waals surface area contributed by atoms with Crippen molar-refractivity contribution in [3.05, 3.63) is 89.3 Å². The molecule has 0 aliphatic carbocycles. The fourth-order valence-electron chi connectivity index (χ4n) is 4.96. The van der Waals surface area contributed by atoms with Crippen LogP contribution in [0.15, 0.2) is 78.2 Å². The van der Waals surface area contributed by atoms with E-state index in [1.165, 1.54) is 39.8 Å². The van der Waals surface area contributed by atoms with Crippen molar-refractivity contribution in [2.45, 2.75) is 24.4 Å². The second-order valence-corrected chi connectivity index (χ2v) is 12.3. The molecule has 208 valence electrons. The maximum atomic E-state index is 14.0. The number of thioether (sulfide) groups is 1. The van der Waals surface area contributed by atoms with E-state index >= 15 is 0 Å². The Labute approximate surface area is 248 Å². The molecule has 0 spiro atoms. The quantitative estimate of drug-likeness (QED) is 0.145. The Hall–Kier alpha value is -3.15. The van der Waals surface area contributed by atoms with Gasteiger partial charge in [-0.25, -0.2) is 0 Å². The summed E-state index contributed by atoms with van der Waals surface area (Å²) in [7, 11) is 0. The fraction of sp³-hybridized carbons (Fsp3) is 0.310. The largest absolute Gasteiger partial charge is 0.464 e. The topological polar surface area (TPSA) is 93.2 Å². The second kappa shape index (κ2) is 12.2. The summed E-state index contributed by atoms with van der Waals surface area (Å²) in [6.07, 6.45) is -0.759. The Kier molecular flexibility index (Phi) is 8.62. The van der Waals surface area contributed by atoms with E-state index < -0.39 is 34.9 Å². The molecule has 40 heavy (non-hydrogen) atoms. The van der Waals surface area contributed by atoms with Crippen LogP contribution < -0.4 is 4.90 Å². The molecule has 3 heterocycles. The van der Waals surface area contributed by atoms with E-state index in [4.69, 9.17) is 9.47 Å².